The monoisotopic (exact) mass is 311 g/mol. The fourth-order valence-corrected chi connectivity index (χ4v) is 4.04. The van der Waals surface area contributed by atoms with E-state index in [-0.39, 0.29) is 12.3 Å². The first-order valence-electron chi connectivity index (χ1n) is 8.41. The minimum atomic E-state index is -0.0749. The fraction of sp³-hybridized carbons (Fsp3) is 0.500. The smallest absolute Gasteiger partial charge is 0.230 e. The van der Waals surface area contributed by atoms with Gasteiger partial charge in [-0.1, -0.05) is 41.9 Å². The summed E-state index contributed by atoms with van der Waals surface area (Å²) in [6, 6.07) is 9.86. The molecule has 2 saturated carbocycles. The topological polar surface area (TPSA) is 68.0 Å². The number of rotatable bonds is 5. The van der Waals surface area contributed by atoms with E-state index in [1.807, 2.05) is 30.3 Å². The molecule has 2 aliphatic carbocycles. The summed E-state index contributed by atoms with van der Waals surface area (Å²) in [5.41, 5.74) is 1.08. The van der Waals surface area contributed by atoms with Crippen molar-refractivity contribution in [2.45, 2.75) is 44.6 Å². The first-order valence-corrected chi connectivity index (χ1v) is 8.41. The number of nitrogens with one attached hydrogen (secondary N) is 1. The lowest BCUT2D eigenvalue weighted by atomic mass is 9.89. The van der Waals surface area contributed by atoms with Crippen molar-refractivity contribution in [3.63, 3.8) is 0 Å². The summed E-state index contributed by atoms with van der Waals surface area (Å²) < 4.78 is 5.42. The van der Waals surface area contributed by atoms with Gasteiger partial charge in [0.2, 0.25) is 11.8 Å². The third-order valence-electron chi connectivity index (χ3n) is 5.19. The van der Waals surface area contributed by atoms with Crippen molar-refractivity contribution < 1.29 is 9.32 Å². The molecule has 2 aliphatic rings. The van der Waals surface area contributed by atoms with Gasteiger partial charge in [-0.3, -0.25) is 4.79 Å². The van der Waals surface area contributed by atoms with Crippen LogP contribution in [-0.4, -0.2) is 16.0 Å². The first kappa shape index (κ1) is 14.4. The van der Waals surface area contributed by atoms with Crippen molar-refractivity contribution in [3.05, 3.63) is 47.6 Å². The molecule has 1 amide bonds. The summed E-state index contributed by atoms with van der Waals surface area (Å²) in [4.78, 5) is 16.5. The second kappa shape index (κ2) is 6.14. The van der Waals surface area contributed by atoms with Crippen molar-refractivity contribution in [2.75, 3.05) is 0 Å². The van der Waals surface area contributed by atoms with Crippen molar-refractivity contribution in [2.24, 2.45) is 11.8 Å². The number of aromatic nitrogens is 2. The molecule has 1 aromatic carbocycles. The Hall–Kier alpha value is -2.17. The molecule has 2 aromatic rings. The Morgan fingerprint density at radius 3 is 2.83 bits per heavy atom. The van der Waals surface area contributed by atoms with Gasteiger partial charge in [0.05, 0.1) is 6.42 Å². The largest absolute Gasteiger partial charge is 0.352 e. The molecular formula is C18H21N3O2. The van der Waals surface area contributed by atoms with E-state index < -0.39 is 0 Å². The minimum absolute atomic E-state index is 0.0749. The second-order valence-electron chi connectivity index (χ2n) is 6.77. The van der Waals surface area contributed by atoms with E-state index >= 15 is 0 Å². The highest BCUT2D eigenvalue weighted by atomic mass is 16.5. The van der Waals surface area contributed by atoms with Gasteiger partial charge in [-0.2, -0.15) is 4.98 Å². The average molecular weight is 311 g/mol. The Balaban J connectivity index is 1.32. The molecule has 5 heteroatoms. The molecule has 1 aromatic heterocycles. The maximum absolute atomic E-state index is 12.0. The Bertz CT molecular complexity index is 683. The summed E-state index contributed by atoms with van der Waals surface area (Å²) in [6.07, 6.45) is 5.29. The third kappa shape index (κ3) is 3.14. The molecule has 4 rings (SSSR count). The highest BCUT2D eigenvalue weighted by Gasteiger charge is 2.42. The molecule has 120 valence electrons. The molecule has 2 bridgehead atoms. The zero-order valence-electron chi connectivity index (χ0n) is 13.1. The van der Waals surface area contributed by atoms with Crippen molar-refractivity contribution in [1.82, 2.24) is 15.5 Å². The maximum Gasteiger partial charge on any atom is 0.230 e. The molecule has 0 spiro atoms. The average Bonchev–Trinajstić information content (AvgIpc) is 3.30. The molecule has 0 aliphatic heterocycles. The fourth-order valence-electron chi connectivity index (χ4n) is 4.04. The molecule has 1 N–H and O–H groups in total. The van der Waals surface area contributed by atoms with E-state index in [0.29, 0.717) is 24.2 Å². The van der Waals surface area contributed by atoms with E-state index in [4.69, 9.17) is 4.52 Å². The molecular weight excluding hydrogens is 290 g/mol. The standard InChI is InChI=1S/C18H21N3O2/c22-17(19-11-12-4-2-1-3-5-12)10-16-20-18(23-21-16)15-9-13-6-7-14(15)8-13/h1-5,13-15H,6-11H2,(H,19,22)/t13-,14-,15-/m0/s1. The van der Waals surface area contributed by atoms with E-state index in [0.717, 1.165) is 17.4 Å². The van der Waals surface area contributed by atoms with Crippen LogP contribution in [0.4, 0.5) is 0 Å². The Labute approximate surface area is 135 Å². The highest BCUT2D eigenvalue weighted by molar-refractivity contribution is 5.77. The normalized spacial score (nSPS) is 25.7. The van der Waals surface area contributed by atoms with Crippen LogP contribution in [0.15, 0.2) is 34.9 Å². The predicted octanol–water partition coefficient (Wildman–Crippen LogP) is 2.83. The Morgan fingerprint density at radius 1 is 1.22 bits per heavy atom. The van der Waals surface area contributed by atoms with E-state index in [2.05, 4.69) is 15.5 Å². The SMILES string of the molecule is O=C(Cc1noc([C@H]2C[C@H]3CC[C@H]2C3)n1)NCc1ccccc1. The van der Waals surface area contributed by atoms with Gasteiger partial charge in [-0.15, -0.1) is 0 Å². The van der Waals surface area contributed by atoms with Crippen LogP contribution in [0.1, 0.15) is 48.9 Å². The zero-order chi connectivity index (χ0) is 15.6. The zero-order valence-corrected chi connectivity index (χ0v) is 13.1. The van der Waals surface area contributed by atoms with Crippen LogP contribution in [0.3, 0.4) is 0 Å². The molecule has 0 radical (unpaired) electrons. The molecule has 23 heavy (non-hydrogen) atoms. The summed E-state index contributed by atoms with van der Waals surface area (Å²) in [5, 5.41) is 6.89. The summed E-state index contributed by atoms with van der Waals surface area (Å²) in [5.74, 6) is 3.13. The van der Waals surface area contributed by atoms with Crippen LogP contribution < -0.4 is 5.32 Å². The van der Waals surface area contributed by atoms with Crippen LogP contribution in [-0.2, 0) is 17.8 Å². The highest BCUT2D eigenvalue weighted by Crippen LogP contribution is 2.52. The Kier molecular flexibility index (Phi) is 3.85. The summed E-state index contributed by atoms with van der Waals surface area (Å²) in [6.45, 7) is 0.525. The lowest BCUT2D eigenvalue weighted by Gasteiger charge is -2.16. The maximum atomic E-state index is 12.0. The van der Waals surface area contributed by atoms with Crippen LogP contribution in [0.5, 0.6) is 0 Å². The molecule has 2 fully saturated rings. The quantitative estimate of drug-likeness (QED) is 0.922. The van der Waals surface area contributed by atoms with E-state index in [1.54, 1.807) is 0 Å². The number of carbonyl (C=O) groups excluding carboxylic acids is 1. The van der Waals surface area contributed by atoms with Gasteiger partial charge in [0.1, 0.15) is 0 Å². The van der Waals surface area contributed by atoms with Gasteiger partial charge in [0.15, 0.2) is 5.82 Å². The van der Waals surface area contributed by atoms with Gasteiger partial charge in [-0.25, -0.2) is 0 Å². The first-order chi connectivity index (χ1) is 11.3. The molecule has 5 nitrogen and oxygen atoms in total. The van der Waals surface area contributed by atoms with Crippen LogP contribution in [0.25, 0.3) is 0 Å². The third-order valence-corrected chi connectivity index (χ3v) is 5.19. The Morgan fingerprint density at radius 2 is 2.09 bits per heavy atom. The molecule has 3 atom stereocenters. The number of hydrogen-bond donors (Lipinski definition) is 1. The van der Waals surface area contributed by atoms with Gasteiger partial charge in [0.25, 0.3) is 0 Å². The van der Waals surface area contributed by atoms with Gasteiger partial charge >= 0.3 is 0 Å². The van der Waals surface area contributed by atoms with E-state index in [1.165, 1.54) is 25.7 Å². The lowest BCUT2D eigenvalue weighted by molar-refractivity contribution is -0.120. The molecule has 0 unspecified atom stereocenters. The van der Waals surface area contributed by atoms with Crippen LogP contribution in [0, 0.1) is 11.8 Å². The summed E-state index contributed by atoms with van der Waals surface area (Å²) in [7, 11) is 0. The number of amides is 1. The lowest BCUT2D eigenvalue weighted by Crippen LogP contribution is -2.25. The molecule has 1 heterocycles. The second-order valence-corrected chi connectivity index (χ2v) is 6.77. The number of nitrogens with zero attached hydrogens (tertiary/aromatic N) is 2. The van der Waals surface area contributed by atoms with Crippen molar-refractivity contribution >= 4 is 5.91 Å². The van der Waals surface area contributed by atoms with Gasteiger partial charge in [-0.05, 0) is 36.7 Å². The number of benzene rings is 1. The number of hydrogen-bond acceptors (Lipinski definition) is 4. The van der Waals surface area contributed by atoms with Crippen LogP contribution in [0.2, 0.25) is 0 Å². The summed E-state index contributed by atoms with van der Waals surface area (Å²) >= 11 is 0. The van der Waals surface area contributed by atoms with E-state index in [9.17, 15) is 4.79 Å². The van der Waals surface area contributed by atoms with Gasteiger partial charge < -0.3 is 9.84 Å². The number of fused-ring (bicyclic) bond motifs is 2. The molecule has 0 saturated heterocycles. The number of carbonyl (C=O) groups is 1. The van der Waals surface area contributed by atoms with Crippen LogP contribution >= 0.6 is 0 Å². The van der Waals surface area contributed by atoms with Gasteiger partial charge in [0, 0.05) is 12.5 Å². The van der Waals surface area contributed by atoms with Crippen molar-refractivity contribution in [3.8, 4) is 0 Å². The minimum Gasteiger partial charge on any atom is -0.352 e. The predicted molar refractivity (Wildman–Crippen MR) is 84.5 cm³/mol. The van der Waals surface area contributed by atoms with Crippen molar-refractivity contribution in [1.29, 1.82) is 0 Å².